The number of Topliss-reactive ketones (excluding diaryl/α,β-unsaturated/α-hetero) is 1. The Morgan fingerprint density at radius 2 is 1.69 bits per heavy atom. The maximum absolute atomic E-state index is 12.3. The number of anilines is 1. The molecule has 0 saturated heterocycles. The molecule has 1 aliphatic carbocycles. The Hall–Kier alpha value is -2.62. The standard InChI is InChI=1S/C17H25NO2.C11H14O/c1-4-13-5-7-14(8-6-13)17(19)18-15-9-10-16(20-3)12(2)11-15;1-4-10-8(2)6-5-7-11(10)9(3)12/h9-11,13-14H,4-8H2,1-3H3,(H,18,19);5-7H,4H2,1-3H3. The van der Waals surface area contributed by atoms with Gasteiger partial charge in [0, 0.05) is 17.2 Å². The van der Waals surface area contributed by atoms with Crippen LogP contribution in [0.15, 0.2) is 36.4 Å². The lowest BCUT2D eigenvalue weighted by molar-refractivity contribution is -0.121. The third-order valence-corrected chi connectivity index (χ3v) is 6.60. The van der Waals surface area contributed by atoms with Crippen molar-refractivity contribution in [2.45, 2.75) is 73.1 Å². The molecule has 0 spiro atoms. The van der Waals surface area contributed by atoms with Crippen LogP contribution in [-0.4, -0.2) is 18.8 Å². The Labute approximate surface area is 193 Å². The number of nitrogens with one attached hydrogen (secondary N) is 1. The highest BCUT2D eigenvalue weighted by Gasteiger charge is 2.25. The van der Waals surface area contributed by atoms with Crippen LogP contribution in [0.2, 0.25) is 0 Å². The monoisotopic (exact) mass is 437 g/mol. The maximum atomic E-state index is 12.3. The van der Waals surface area contributed by atoms with Crippen molar-refractivity contribution < 1.29 is 14.3 Å². The summed E-state index contributed by atoms with van der Waals surface area (Å²) in [5.74, 6) is 2.19. The van der Waals surface area contributed by atoms with E-state index in [1.165, 1.54) is 30.4 Å². The van der Waals surface area contributed by atoms with Crippen molar-refractivity contribution in [2.75, 3.05) is 12.4 Å². The molecule has 32 heavy (non-hydrogen) atoms. The molecule has 1 amide bonds. The zero-order valence-corrected chi connectivity index (χ0v) is 20.6. The van der Waals surface area contributed by atoms with Gasteiger partial charge in [-0.05, 0) is 93.7 Å². The Bertz CT molecular complexity index is 911. The van der Waals surface area contributed by atoms with E-state index in [0.29, 0.717) is 0 Å². The highest BCUT2D eigenvalue weighted by atomic mass is 16.5. The molecule has 2 aromatic carbocycles. The van der Waals surface area contributed by atoms with Crippen LogP contribution in [0.1, 0.15) is 79.9 Å². The first kappa shape index (κ1) is 25.6. The van der Waals surface area contributed by atoms with Crippen LogP contribution in [0, 0.1) is 25.7 Å². The number of rotatable bonds is 6. The molecule has 1 N–H and O–H groups in total. The summed E-state index contributed by atoms with van der Waals surface area (Å²) in [6.07, 6.45) is 6.61. The van der Waals surface area contributed by atoms with E-state index in [-0.39, 0.29) is 17.6 Å². The predicted molar refractivity (Wildman–Crippen MR) is 133 cm³/mol. The van der Waals surface area contributed by atoms with Gasteiger partial charge in [0.2, 0.25) is 5.91 Å². The van der Waals surface area contributed by atoms with Gasteiger partial charge in [-0.1, -0.05) is 38.5 Å². The van der Waals surface area contributed by atoms with Gasteiger partial charge < -0.3 is 10.1 Å². The second kappa shape index (κ2) is 12.4. The third-order valence-electron chi connectivity index (χ3n) is 6.60. The van der Waals surface area contributed by atoms with E-state index in [0.717, 1.165) is 47.7 Å². The molecule has 0 bridgehead atoms. The van der Waals surface area contributed by atoms with E-state index in [1.807, 2.05) is 50.2 Å². The van der Waals surface area contributed by atoms with Crippen molar-refractivity contribution in [1.82, 2.24) is 0 Å². The molecule has 0 aromatic heterocycles. The Balaban J connectivity index is 0.000000258. The molecule has 3 rings (SSSR count). The van der Waals surface area contributed by atoms with Gasteiger partial charge in [0.1, 0.15) is 5.75 Å². The Kier molecular flexibility index (Phi) is 9.96. The van der Waals surface area contributed by atoms with Crippen LogP contribution in [-0.2, 0) is 11.2 Å². The number of amides is 1. The SMILES string of the molecule is CCC1CCC(C(=O)Nc2ccc(OC)c(C)c2)CC1.CCc1c(C)cccc1C(C)=O. The summed E-state index contributed by atoms with van der Waals surface area (Å²) in [5.41, 5.74) is 5.18. The zero-order valence-electron chi connectivity index (χ0n) is 20.6. The molecule has 174 valence electrons. The third kappa shape index (κ3) is 6.94. The van der Waals surface area contributed by atoms with Crippen LogP contribution in [0.5, 0.6) is 5.75 Å². The number of ether oxygens (including phenoxy) is 1. The number of hydrogen-bond donors (Lipinski definition) is 1. The minimum atomic E-state index is 0.163. The van der Waals surface area contributed by atoms with E-state index < -0.39 is 0 Å². The Morgan fingerprint density at radius 1 is 1.00 bits per heavy atom. The Morgan fingerprint density at radius 3 is 2.19 bits per heavy atom. The second-order valence-electron chi connectivity index (χ2n) is 8.81. The molecule has 1 saturated carbocycles. The van der Waals surface area contributed by atoms with Gasteiger partial charge in [-0.2, -0.15) is 0 Å². The number of ketones is 1. The quantitative estimate of drug-likeness (QED) is 0.499. The molecule has 0 radical (unpaired) electrons. The van der Waals surface area contributed by atoms with Crippen molar-refractivity contribution >= 4 is 17.4 Å². The van der Waals surface area contributed by atoms with Crippen molar-refractivity contribution in [2.24, 2.45) is 11.8 Å². The van der Waals surface area contributed by atoms with E-state index in [4.69, 9.17) is 4.74 Å². The lowest BCUT2D eigenvalue weighted by atomic mass is 9.80. The molecular weight excluding hydrogens is 398 g/mol. The van der Waals surface area contributed by atoms with Crippen LogP contribution < -0.4 is 10.1 Å². The summed E-state index contributed by atoms with van der Waals surface area (Å²) in [6, 6.07) is 11.7. The number of hydrogen-bond acceptors (Lipinski definition) is 3. The fourth-order valence-electron chi connectivity index (χ4n) is 4.53. The lowest BCUT2D eigenvalue weighted by Crippen LogP contribution is -2.27. The molecule has 4 heteroatoms. The summed E-state index contributed by atoms with van der Waals surface area (Å²) >= 11 is 0. The highest BCUT2D eigenvalue weighted by molar-refractivity contribution is 5.95. The summed E-state index contributed by atoms with van der Waals surface area (Å²) in [7, 11) is 1.66. The van der Waals surface area contributed by atoms with E-state index >= 15 is 0 Å². The molecule has 2 aromatic rings. The van der Waals surface area contributed by atoms with Crippen LogP contribution in [0.25, 0.3) is 0 Å². The highest BCUT2D eigenvalue weighted by Crippen LogP contribution is 2.31. The largest absolute Gasteiger partial charge is 0.496 e. The van der Waals surface area contributed by atoms with Crippen molar-refractivity contribution in [3.05, 3.63) is 58.7 Å². The summed E-state index contributed by atoms with van der Waals surface area (Å²) in [4.78, 5) is 23.5. The minimum Gasteiger partial charge on any atom is -0.496 e. The van der Waals surface area contributed by atoms with E-state index in [1.54, 1.807) is 14.0 Å². The number of carbonyl (C=O) groups excluding carboxylic acids is 2. The van der Waals surface area contributed by atoms with Crippen LogP contribution in [0.3, 0.4) is 0 Å². The normalized spacial score (nSPS) is 17.7. The summed E-state index contributed by atoms with van der Waals surface area (Å²) in [5, 5.41) is 3.04. The first-order chi connectivity index (χ1) is 15.3. The first-order valence-electron chi connectivity index (χ1n) is 11.9. The lowest BCUT2D eigenvalue weighted by Gasteiger charge is -2.27. The summed E-state index contributed by atoms with van der Waals surface area (Å²) in [6.45, 7) is 9.97. The molecular formula is C28H39NO3. The van der Waals surface area contributed by atoms with E-state index in [2.05, 4.69) is 19.2 Å². The van der Waals surface area contributed by atoms with Gasteiger partial charge in [0.25, 0.3) is 0 Å². The first-order valence-corrected chi connectivity index (χ1v) is 11.9. The molecule has 0 atom stereocenters. The van der Waals surface area contributed by atoms with Crippen LogP contribution >= 0.6 is 0 Å². The smallest absolute Gasteiger partial charge is 0.227 e. The van der Waals surface area contributed by atoms with Crippen molar-refractivity contribution in [3.8, 4) is 5.75 Å². The summed E-state index contributed by atoms with van der Waals surface area (Å²) < 4.78 is 5.23. The van der Waals surface area contributed by atoms with Gasteiger partial charge >= 0.3 is 0 Å². The fraction of sp³-hybridized carbons (Fsp3) is 0.500. The molecule has 4 nitrogen and oxygen atoms in total. The average molecular weight is 438 g/mol. The van der Waals surface area contributed by atoms with Crippen LogP contribution in [0.4, 0.5) is 5.69 Å². The number of benzene rings is 2. The number of aryl methyl sites for hydroxylation is 2. The average Bonchev–Trinajstić information content (AvgIpc) is 2.79. The minimum absolute atomic E-state index is 0.163. The zero-order chi connectivity index (χ0) is 23.7. The van der Waals surface area contributed by atoms with Gasteiger partial charge in [0.15, 0.2) is 5.78 Å². The molecule has 0 unspecified atom stereocenters. The maximum Gasteiger partial charge on any atom is 0.227 e. The second-order valence-corrected chi connectivity index (χ2v) is 8.81. The topological polar surface area (TPSA) is 55.4 Å². The van der Waals surface area contributed by atoms with Gasteiger partial charge in [-0.15, -0.1) is 0 Å². The van der Waals surface area contributed by atoms with Gasteiger partial charge in [-0.25, -0.2) is 0 Å². The van der Waals surface area contributed by atoms with Gasteiger partial charge in [-0.3, -0.25) is 9.59 Å². The fourth-order valence-corrected chi connectivity index (χ4v) is 4.53. The predicted octanol–water partition coefficient (Wildman–Crippen LogP) is 6.92. The number of methoxy groups -OCH3 is 1. The van der Waals surface area contributed by atoms with E-state index in [9.17, 15) is 9.59 Å². The van der Waals surface area contributed by atoms with Crippen molar-refractivity contribution in [1.29, 1.82) is 0 Å². The number of carbonyl (C=O) groups is 2. The van der Waals surface area contributed by atoms with Crippen molar-refractivity contribution in [3.63, 3.8) is 0 Å². The molecule has 0 heterocycles. The molecule has 0 aliphatic heterocycles. The van der Waals surface area contributed by atoms with Gasteiger partial charge in [0.05, 0.1) is 7.11 Å². The molecule has 1 aliphatic rings. The molecule has 1 fully saturated rings.